The van der Waals surface area contributed by atoms with Crippen LogP contribution in [0.4, 0.5) is 5.82 Å². The van der Waals surface area contributed by atoms with Gasteiger partial charge in [0.25, 0.3) is 0 Å². The van der Waals surface area contributed by atoms with E-state index in [-0.39, 0.29) is 6.04 Å². The highest BCUT2D eigenvalue weighted by Crippen LogP contribution is 2.22. The minimum absolute atomic E-state index is 0.248. The number of nitrogens with one attached hydrogen (secondary N) is 1. The average molecular weight is 292 g/mol. The number of anilines is 1. The zero-order valence-electron chi connectivity index (χ0n) is 9.22. The topological polar surface area (TPSA) is 24.9 Å². The molecule has 0 aliphatic heterocycles. The summed E-state index contributed by atoms with van der Waals surface area (Å²) in [6, 6.07) is 2.29. The smallest absolute Gasteiger partial charge is 0.140 e. The number of nitrogens with zero attached hydrogens (tertiary/aromatic N) is 1. The number of rotatable bonds is 4. The van der Waals surface area contributed by atoms with E-state index in [0.29, 0.717) is 11.8 Å². The molecule has 0 aliphatic carbocycles. The van der Waals surface area contributed by atoms with Gasteiger partial charge in [0.2, 0.25) is 0 Å². The quantitative estimate of drug-likeness (QED) is 0.853. The second-order valence-corrected chi connectivity index (χ2v) is 5.16. The van der Waals surface area contributed by atoms with E-state index in [1.165, 1.54) is 0 Å². The van der Waals surface area contributed by atoms with Gasteiger partial charge in [-0.1, -0.05) is 13.8 Å². The number of hydrogen-bond donors (Lipinski definition) is 1. The predicted molar refractivity (Wildman–Crippen MR) is 69.6 cm³/mol. The lowest BCUT2D eigenvalue weighted by molar-refractivity contribution is 0.562. The molecule has 2 nitrogen and oxygen atoms in total. The third-order valence-electron chi connectivity index (χ3n) is 2.27. The second kappa shape index (κ2) is 5.71. The maximum absolute atomic E-state index is 5.89. The molecule has 1 unspecified atom stereocenters. The molecular formula is C11H16BrClN2. The van der Waals surface area contributed by atoms with Crippen LogP contribution in [0.5, 0.6) is 0 Å². The van der Waals surface area contributed by atoms with E-state index in [2.05, 4.69) is 40.1 Å². The molecule has 15 heavy (non-hydrogen) atoms. The summed E-state index contributed by atoms with van der Waals surface area (Å²) < 4.78 is 0.985. The van der Waals surface area contributed by atoms with Gasteiger partial charge in [0.15, 0.2) is 0 Å². The van der Waals surface area contributed by atoms with Crippen LogP contribution in [-0.4, -0.2) is 16.9 Å². The highest BCUT2D eigenvalue weighted by atomic mass is 79.9. The molecule has 0 amide bonds. The first-order chi connectivity index (χ1) is 7.04. The van der Waals surface area contributed by atoms with Crippen LogP contribution >= 0.6 is 27.5 Å². The minimum atomic E-state index is 0.248. The van der Waals surface area contributed by atoms with E-state index >= 15 is 0 Å². The Balaban J connectivity index is 2.79. The molecule has 0 aromatic carbocycles. The molecule has 1 heterocycles. The largest absolute Gasteiger partial charge is 0.365 e. The Morgan fingerprint density at radius 2 is 2.20 bits per heavy atom. The van der Waals surface area contributed by atoms with Crippen molar-refractivity contribution in [3.8, 4) is 0 Å². The molecule has 0 aliphatic rings. The Morgan fingerprint density at radius 1 is 1.53 bits per heavy atom. The van der Waals surface area contributed by atoms with E-state index in [1.807, 2.05) is 19.2 Å². The molecule has 1 atom stereocenters. The van der Waals surface area contributed by atoms with Crippen molar-refractivity contribution in [2.45, 2.75) is 26.8 Å². The maximum Gasteiger partial charge on any atom is 0.140 e. The summed E-state index contributed by atoms with van der Waals surface area (Å²) >= 11 is 9.38. The molecule has 1 N–H and O–H groups in total. The highest BCUT2D eigenvalue weighted by molar-refractivity contribution is 9.10. The van der Waals surface area contributed by atoms with Crippen molar-refractivity contribution in [3.63, 3.8) is 0 Å². The number of aryl methyl sites for hydroxylation is 1. The van der Waals surface area contributed by atoms with Crippen LogP contribution in [0.15, 0.2) is 16.7 Å². The average Bonchev–Trinajstić information content (AvgIpc) is 2.16. The fourth-order valence-electron chi connectivity index (χ4n) is 1.20. The van der Waals surface area contributed by atoms with Crippen molar-refractivity contribution >= 4 is 33.3 Å². The van der Waals surface area contributed by atoms with Gasteiger partial charge >= 0.3 is 0 Å². The Labute approximate surface area is 105 Å². The summed E-state index contributed by atoms with van der Waals surface area (Å²) in [5.41, 5.74) is 1.14. The van der Waals surface area contributed by atoms with Gasteiger partial charge in [0, 0.05) is 18.1 Å². The molecular weight excluding hydrogens is 275 g/mol. The number of alkyl halides is 1. The van der Waals surface area contributed by atoms with Crippen LogP contribution in [0.1, 0.15) is 19.4 Å². The molecule has 0 saturated heterocycles. The van der Waals surface area contributed by atoms with Gasteiger partial charge in [-0.25, -0.2) is 4.98 Å². The number of pyridine rings is 1. The van der Waals surface area contributed by atoms with Gasteiger partial charge in [0.1, 0.15) is 5.82 Å². The molecule has 84 valence electrons. The normalized spacial score (nSPS) is 12.9. The number of aromatic nitrogens is 1. The molecule has 0 radical (unpaired) electrons. The molecule has 0 bridgehead atoms. The van der Waals surface area contributed by atoms with Crippen LogP contribution in [0.2, 0.25) is 0 Å². The molecule has 4 heteroatoms. The molecule has 0 saturated carbocycles. The van der Waals surface area contributed by atoms with E-state index < -0.39 is 0 Å². The van der Waals surface area contributed by atoms with Crippen LogP contribution in [0, 0.1) is 12.8 Å². The fraction of sp³-hybridized carbons (Fsp3) is 0.545. The van der Waals surface area contributed by atoms with E-state index in [4.69, 9.17) is 11.6 Å². The Morgan fingerprint density at radius 3 is 2.67 bits per heavy atom. The van der Waals surface area contributed by atoms with Crippen molar-refractivity contribution < 1.29 is 0 Å². The summed E-state index contributed by atoms with van der Waals surface area (Å²) in [4.78, 5) is 4.33. The molecule has 1 aromatic heterocycles. The summed E-state index contributed by atoms with van der Waals surface area (Å²) in [6.07, 6.45) is 1.85. The summed E-state index contributed by atoms with van der Waals surface area (Å²) in [5, 5.41) is 3.33. The first-order valence-electron chi connectivity index (χ1n) is 4.99. The second-order valence-electron chi connectivity index (χ2n) is 3.99. The van der Waals surface area contributed by atoms with Crippen LogP contribution in [-0.2, 0) is 0 Å². The summed E-state index contributed by atoms with van der Waals surface area (Å²) in [7, 11) is 0. The van der Waals surface area contributed by atoms with Crippen LogP contribution in [0.3, 0.4) is 0 Å². The monoisotopic (exact) mass is 290 g/mol. The van der Waals surface area contributed by atoms with Gasteiger partial charge < -0.3 is 5.32 Å². The van der Waals surface area contributed by atoms with Gasteiger partial charge in [-0.05, 0) is 40.4 Å². The number of hydrogen-bond acceptors (Lipinski definition) is 2. The zero-order valence-corrected chi connectivity index (χ0v) is 11.6. The lowest BCUT2D eigenvalue weighted by Crippen LogP contribution is -2.28. The van der Waals surface area contributed by atoms with Crippen molar-refractivity contribution in [3.05, 3.63) is 22.3 Å². The standard InChI is InChI=1S/C11H16BrClN2/c1-7(2)10(5-13)15-11-9(12)4-8(3)6-14-11/h4,6-7,10H,5H2,1-3H3,(H,14,15). The fourth-order valence-corrected chi connectivity index (χ4v) is 2.21. The Hall–Kier alpha value is -0.280. The summed E-state index contributed by atoms with van der Waals surface area (Å²) in [5.74, 6) is 1.93. The van der Waals surface area contributed by atoms with E-state index in [9.17, 15) is 0 Å². The van der Waals surface area contributed by atoms with Gasteiger partial charge in [-0.15, -0.1) is 11.6 Å². The Kier molecular flexibility index (Phi) is 4.87. The third-order valence-corrected chi connectivity index (χ3v) is 3.21. The Bertz CT molecular complexity index is 328. The van der Waals surface area contributed by atoms with Gasteiger partial charge in [0.05, 0.1) is 4.47 Å². The maximum atomic E-state index is 5.89. The minimum Gasteiger partial charge on any atom is -0.365 e. The molecule has 0 fully saturated rings. The molecule has 1 aromatic rings. The molecule has 0 spiro atoms. The first kappa shape index (κ1) is 12.8. The van der Waals surface area contributed by atoms with Crippen molar-refractivity contribution in [1.29, 1.82) is 0 Å². The lowest BCUT2D eigenvalue weighted by Gasteiger charge is -2.21. The summed E-state index contributed by atoms with van der Waals surface area (Å²) in [6.45, 7) is 6.30. The van der Waals surface area contributed by atoms with Crippen molar-refractivity contribution in [2.24, 2.45) is 5.92 Å². The van der Waals surface area contributed by atoms with Crippen LogP contribution < -0.4 is 5.32 Å². The third kappa shape index (κ3) is 3.65. The van der Waals surface area contributed by atoms with E-state index in [1.54, 1.807) is 0 Å². The predicted octanol–water partition coefficient (Wildman–Crippen LogP) is 3.83. The first-order valence-corrected chi connectivity index (χ1v) is 6.32. The molecule has 1 rings (SSSR count). The van der Waals surface area contributed by atoms with Crippen LogP contribution in [0.25, 0.3) is 0 Å². The van der Waals surface area contributed by atoms with E-state index in [0.717, 1.165) is 15.9 Å². The lowest BCUT2D eigenvalue weighted by atomic mass is 10.1. The van der Waals surface area contributed by atoms with Crippen molar-refractivity contribution in [2.75, 3.05) is 11.2 Å². The van der Waals surface area contributed by atoms with Gasteiger partial charge in [-0.2, -0.15) is 0 Å². The van der Waals surface area contributed by atoms with Gasteiger partial charge in [-0.3, -0.25) is 0 Å². The number of halogens is 2. The highest BCUT2D eigenvalue weighted by Gasteiger charge is 2.13. The zero-order chi connectivity index (χ0) is 11.4. The SMILES string of the molecule is Cc1cnc(NC(CCl)C(C)C)c(Br)c1. The van der Waals surface area contributed by atoms with Crippen molar-refractivity contribution in [1.82, 2.24) is 4.98 Å².